The van der Waals surface area contributed by atoms with Crippen molar-refractivity contribution in [3.05, 3.63) is 62.5 Å². The van der Waals surface area contributed by atoms with Crippen LogP contribution < -0.4 is 5.32 Å². The van der Waals surface area contributed by atoms with E-state index in [9.17, 15) is 9.59 Å². The Morgan fingerprint density at radius 2 is 1.80 bits per heavy atom. The number of nitrogens with one attached hydrogen (secondary N) is 1. The molecule has 0 spiro atoms. The first-order valence-corrected chi connectivity index (χ1v) is 9.33. The number of hydrogen-bond donors (Lipinski definition) is 1. The van der Waals surface area contributed by atoms with Crippen molar-refractivity contribution < 1.29 is 9.59 Å². The fourth-order valence-corrected chi connectivity index (χ4v) is 3.81. The average Bonchev–Trinajstić information content (AvgIpc) is 3.05. The number of rotatable bonds is 3. The van der Waals surface area contributed by atoms with E-state index >= 15 is 0 Å². The van der Waals surface area contributed by atoms with E-state index in [1.54, 1.807) is 29.2 Å². The first kappa shape index (κ1) is 18.2. The zero-order valence-corrected chi connectivity index (χ0v) is 16.2. The normalized spacial score (nSPS) is 16.8. The van der Waals surface area contributed by atoms with Gasteiger partial charge in [-0.1, -0.05) is 35.3 Å². The van der Waals surface area contributed by atoms with Gasteiger partial charge in [-0.15, -0.1) is 0 Å². The lowest BCUT2D eigenvalue weighted by atomic mass is 10.1. The third kappa shape index (κ3) is 4.17. The summed E-state index contributed by atoms with van der Waals surface area (Å²) >= 11 is 15.4. The molecule has 2 amide bonds. The lowest BCUT2D eigenvalue weighted by molar-refractivity contribution is -0.119. The van der Waals surface area contributed by atoms with Crippen molar-refractivity contribution in [1.29, 1.82) is 0 Å². The predicted octanol–water partition coefficient (Wildman–Crippen LogP) is 5.00. The van der Waals surface area contributed by atoms with Crippen molar-refractivity contribution in [2.45, 2.75) is 18.9 Å². The van der Waals surface area contributed by atoms with Crippen molar-refractivity contribution in [1.82, 2.24) is 4.90 Å². The van der Waals surface area contributed by atoms with E-state index in [-0.39, 0.29) is 11.8 Å². The summed E-state index contributed by atoms with van der Waals surface area (Å²) in [7, 11) is 0. The Balaban J connectivity index is 1.79. The van der Waals surface area contributed by atoms with Gasteiger partial charge in [-0.3, -0.25) is 9.59 Å². The lowest BCUT2D eigenvalue weighted by Crippen LogP contribution is -2.43. The van der Waals surface area contributed by atoms with Crippen LogP contribution in [0.15, 0.2) is 46.9 Å². The summed E-state index contributed by atoms with van der Waals surface area (Å²) < 4.78 is 0.792. The molecule has 1 saturated heterocycles. The summed E-state index contributed by atoms with van der Waals surface area (Å²) in [4.78, 5) is 27.1. The van der Waals surface area contributed by atoms with E-state index in [2.05, 4.69) is 21.2 Å². The molecular weight excluding hydrogens is 427 g/mol. The molecule has 0 aliphatic carbocycles. The van der Waals surface area contributed by atoms with E-state index in [0.717, 1.165) is 10.9 Å². The van der Waals surface area contributed by atoms with Crippen molar-refractivity contribution in [2.24, 2.45) is 0 Å². The van der Waals surface area contributed by atoms with Crippen LogP contribution in [0.25, 0.3) is 0 Å². The Hall–Kier alpha value is -1.56. The molecule has 1 atom stereocenters. The van der Waals surface area contributed by atoms with Gasteiger partial charge in [-0.05, 0) is 59.1 Å². The number of nitrogens with zero attached hydrogens (tertiary/aromatic N) is 1. The zero-order valence-electron chi connectivity index (χ0n) is 13.1. The molecule has 25 heavy (non-hydrogen) atoms. The van der Waals surface area contributed by atoms with Gasteiger partial charge >= 0.3 is 0 Å². The molecule has 1 heterocycles. The van der Waals surface area contributed by atoms with Crippen LogP contribution in [0.1, 0.15) is 23.2 Å². The molecule has 3 rings (SSSR count). The molecule has 0 aromatic heterocycles. The third-order valence-corrected chi connectivity index (χ3v) is 5.19. The van der Waals surface area contributed by atoms with Gasteiger partial charge in [-0.2, -0.15) is 0 Å². The standard InChI is InChI=1S/C18H15BrCl2N2O2/c19-14-4-1-2-5-15(14)22-17(24)16-6-3-7-23(16)18(25)11-8-12(20)10-13(21)9-11/h1-2,4-5,8-10,16H,3,6-7H2,(H,22,24)/t16-/m1/s1. The summed E-state index contributed by atoms with van der Waals surface area (Å²) in [6.07, 6.45) is 1.39. The number of carbonyl (C=O) groups is 2. The van der Waals surface area contributed by atoms with E-state index in [0.29, 0.717) is 34.3 Å². The number of amides is 2. The minimum absolute atomic E-state index is 0.203. The topological polar surface area (TPSA) is 49.4 Å². The minimum atomic E-state index is -0.516. The summed E-state index contributed by atoms with van der Waals surface area (Å²) in [5, 5.41) is 3.67. The number of hydrogen-bond acceptors (Lipinski definition) is 2. The van der Waals surface area contributed by atoms with Crippen LogP contribution in [-0.2, 0) is 4.79 Å². The lowest BCUT2D eigenvalue weighted by Gasteiger charge is -2.24. The van der Waals surface area contributed by atoms with E-state index in [1.807, 2.05) is 18.2 Å². The third-order valence-electron chi connectivity index (χ3n) is 4.06. The van der Waals surface area contributed by atoms with Gasteiger partial charge in [0, 0.05) is 26.6 Å². The van der Waals surface area contributed by atoms with Gasteiger partial charge in [0.25, 0.3) is 5.91 Å². The number of halogens is 3. The number of likely N-dealkylation sites (tertiary alicyclic amines) is 1. The highest BCUT2D eigenvalue weighted by molar-refractivity contribution is 9.10. The molecule has 2 aromatic carbocycles. The molecule has 2 aromatic rings. The van der Waals surface area contributed by atoms with Crippen molar-refractivity contribution in [2.75, 3.05) is 11.9 Å². The number of anilines is 1. The fraction of sp³-hybridized carbons (Fsp3) is 0.222. The van der Waals surface area contributed by atoms with E-state index < -0.39 is 6.04 Å². The minimum Gasteiger partial charge on any atom is -0.327 e. The van der Waals surface area contributed by atoms with Gasteiger partial charge in [0.2, 0.25) is 5.91 Å². The molecule has 4 nitrogen and oxygen atoms in total. The molecule has 1 fully saturated rings. The average molecular weight is 442 g/mol. The van der Waals surface area contributed by atoms with Crippen LogP contribution in [0.3, 0.4) is 0 Å². The van der Waals surface area contributed by atoms with Crippen LogP contribution in [0, 0.1) is 0 Å². The van der Waals surface area contributed by atoms with E-state index in [1.165, 1.54) is 0 Å². The Morgan fingerprint density at radius 3 is 2.48 bits per heavy atom. The molecular formula is C18H15BrCl2N2O2. The monoisotopic (exact) mass is 440 g/mol. The van der Waals surface area contributed by atoms with Crippen LogP contribution >= 0.6 is 39.1 Å². The second kappa shape index (κ2) is 7.77. The Morgan fingerprint density at radius 1 is 1.12 bits per heavy atom. The van der Waals surface area contributed by atoms with Gasteiger partial charge in [0.15, 0.2) is 0 Å². The zero-order chi connectivity index (χ0) is 18.0. The highest BCUT2D eigenvalue weighted by Crippen LogP contribution is 2.26. The van der Waals surface area contributed by atoms with Crippen LogP contribution in [-0.4, -0.2) is 29.3 Å². The molecule has 130 valence electrons. The molecule has 0 unspecified atom stereocenters. The molecule has 1 N–H and O–H groups in total. The van der Waals surface area contributed by atoms with Crippen molar-refractivity contribution >= 4 is 56.6 Å². The van der Waals surface area contributed by atoms with Crippen LogP contribution in [0.5, 0.6) is 0 Å². The number of para-hydroxylation sites is 1. The van der Waals surface area contributed by atoms with Gasteiger partial charge in [0.1, 0.15) is 6.04 Å². The van der Waals surface area contributed by atoms with Crippen molar-refractivity contribution in [3.63, 3.8) is 0 Å². The molecule has 0 bridgehead atoms. The Kier molecular flexibility index (Phi) is 5.67. The van der Waals surface area contributed by atoms with Crippen molar-refractivity contribution in [3.8, 4) is 0 Å². The highest BCUT2D eigenvalue weighted by atomic mass is 79.9. The second-order valence-corrected chi connectivity index (χ2v) is 7.51. The smallest absolute Gasteiger partial charge is 0.254 e. The van der Waals surface area contributed by atoms with E-state index in [4.69, 9.17) is 23.2 Å². The fourth-order valence-electron chi connectivity index (χ4n) is 2.90. The molecule has 0 radical (unpaired) electrons. The van der Waals surface area contributed by atoms with Gasteiger partial charge < -0.3 is 10.2 Å². The summed E-state index contributed by atoms with van der Waals surface area (Å²) in [5.41, 5.74) is 1.07. The summed E-state index contributed by atoms with van der Waals surface area (Å²) in [6, 6.07) is 11.5. The SMILES string of the molecule is O=C(Nc1ccccc1Br)[C@H]1CCCN1C(=O)c1cc(Cl)cc(Cl)c1. The van der Waals surface area contributed by atoms with Gasteiger partial charge in [-0.25, -0.2) is 0 Å². The molecule has 1 aliphatic heterocycles. The quantitative estimate of drug-likeness (QED) is 0.728. The number of benzene rings is 2. The Labute approximate surface area is 164 Å². The molecule has 1 aliphatic rings. The first-order valence-electron chi connectivity index (χ1n) is 7.78. The van der Waals surface area contributed by atoms with Gasteiger partial charge in [0.05, 0.1) is 5.69 Å². The predicted molar refractivity (Wildman–Crippen MR) is 103 cm³/mol. The van der Waals surface area contributed by atoms with Crippen LogP contribution in [0.2, 0.25) is 10.0 Å². The Bertz CT molecular complexity index is 808. The highest BCUT2D eigenvalue weighted by Gasteiger charge is 2.34. The maximum Gasteiger partial charge on any atom is 0.254 e. The first-order chi connectivity index (χ1) is 12.0. The maximum atomic E-state index is 12.8. The number of carbonyl (C=O) groups excluding carboxylic acids is 2. The summed E-state index contributed by atoms with van der Waals surface area (Å²) in [6.45, 7) is 0.525. The largest absolute Gasteiger partial charge is 0.327 e. The summed E-state index contributed by atoms with van der Waals surface area (Å²) in [5.74, 6) is -0.444. The molecule has 7 heteroatoms. The molecule has 0 saturated carbocycles. The maximum absolute atomic E-state index is 12.8. The second-order valence-electron chi connectivity index (χ2n) is 5.78. The van der Waals surface area contributed by atoms with Crippen LogP contribution in [0.4, 0.5) is 5.69 Å².